The molecule has 7 heteroatoms. The third-order valence-corrected chi connectivity index (χ3v) is 3.14. The van der Waals surface area contributed by atoms with Crippen molar-refractivity contribution >= 4 is 29.4 Å². The third-order valence-electron chi connectivity index (χ3n) is 1.95. The molecule has 0 bridgehead atoms. The fraction of sp³-hybridized carbons (Fsp3) is 0.700. The van der Waals surface area contributed by atoms with E-state index in [0.717, 1.165) is 0 Å². The maximum absolute atomic E-state index is 11.0. The van der Waals surface area contributed by atoms with Gasteiger partial charge in [0, 0.05) is 24.5 Å². The van der Waals surface area contributed by atoms with Gasteiger partial charge >= 0.3 is 5.97 Å². The number of carboxylic acids is 1. The van der Waals surface area contributed by atoms with Gasteiger partial charge in [-0.1, -0.05) is 0 Å². The number of hydrogen-bond acceptors (Lipinski definition) is 5. The summed E-state index contributed by atoms with van der Waals surface area (Å²) in [6.45, 7) is 3.53. The summed E-state index contributed by atoms with van der Waals surface area (Å²) in [5.41, 5.74) is 9.55. The summed E-state index contributed by atoms with van der Waals surface area (Å²) in [6, 6.07) is 0. The Bertz CT molecular complexity index is 316. The molecule has 0 saturated carbocycles. The second-order valence-corrected chi connectivity index (χ2v) is 5.02. The van der Waals surface area contributed by atoms with Gasteiger partial charge in [0.25, 0.3) is 0 Å². The van der Waals surface area contributed by atoms with Crippen molar-refractivity contribution in [3.63, 3.8) is 0 Å². The lowest BCUT2D eigenvalue weighted by atomic mass is 9.97. The van der Waals surface area contributed by atoms with Crippen LogP contribution in [0.2, 0.25) is 0 Å². The highest BCUT2D eigenvalue weighted by Gasteiger charge is 2.35. The fourth-order valence-electron chi connectivity index (χ4n) is 1.17. The summed E-state index contributed by atoms with van der Waals surface area (Å²) in [4.78, 5) is 25.9. The molecule has 1 atom stereocenters. The zero-order valence-corrected chi connectivity index (χ0v) is 10.9. The number of hydrogen-bond donors (Lipinski definition) is 3. The van der Waals surface area contributed by atoms with E-state index in [1.807, 2.05) is 0 Å². The van der Waals surface area contributed by atoms with Crippen molar-refractivity contribution < 1.29 is 14.7 Å². The van der Waals surface area contributed by atoms with Crippen LogP contribution in [0.4, 0.5) is 0 Å². The van der Waals surface area contributed by atoms with E-state index in [9.17, 15) is 9.59 Å². The Morgan fingerprint density at radius 3 is 2.41 bits per heavy atom. The molecule has 0 aromatic heterocycles. The first-order valence-corrected chi connectivity index (χ1v) is 6.29. The Balaban J connectivity index is 4.15. The van der Waals surface area contributed by atoms with E-state index >= 15 is 0 Å². The quantitative estimate of drug-likeness (QED) is 0.318. The molecule has 0 rings (SSSR count). The zero-order valence-electron chi connectivity index (χ0n) is 10.1. The predicted molar refractivity (Wildman–Crippen MR) is 69.3 cm³/mol. The molecule has 0 unspecified atom stereocenters. The second-order valence-electron chi connectivity index (χ2n) is 3.92. The molecule has 0 aliphatic heterocycles. The first-order chi connectivity index (χ1) is 7.78. The first kappa shape index (κ1) is 15.9. The minimum atomic E-state index is -1.49. The standard InChI is InChI=1S/C10H19N3O3S/c1-7(14)5-10(12,9(15)16)6-17-4-3-13-8(2)11/h3-6,12H2,1-2H3,(H2,11,13)(H,15,16)/t10-/m0/s1. The first-order valence-electron chi connectivity index (χ1n) is 5.14. The second kappa shape index (κ2) is 7.29. The molecule has 0 spiro atoms. The fourth-order valence-corrected chi connectivity index (χ4v) is 2.13. The number of nitrogens with two attached hydrogens (primary N) is 2. The van der Waals surface area contributed by atoms with Crippen LogP contribution in [-0.4, -0.2) is 46.3 Å². The summed E-state index contributed by atoms with van der Waals surface area (Å²) in [6.07, 6.45) is -0.158. The number of carbonyl (C=O) groups is 2. The molecule has 0 heterocycles. The Labute approximate surface area is 105 Å². The van der Waals surface area contributed by atoms with E-state index < -0.39 is 11.5 Å². The van der Waals surface area contributed by atoms with E-state index in [-0.39, 0.29) is 18.0 Å². The molecular weight excluding hydrogens is 242 g/mol. The number of carbonyl (C=O) groups excluding carboxylic acids is 1. The highest BCUT2D eigenvalue weighted by Crippen LogP contribution is 2.16. The van der Waals surface area contributed by atoms with E-state index in [4.69, 9.17) is 16.6 Å². The largest absolute Gasteiger partial charge is 0.480 e. The summed E-state index contributed by atoms with van der Waals surface area (Å²) in [5, 5.41) is 8.99. The van der Waals surface area contributed by atoms with E-state index in [2.05, 4.69) is 4.99 Å². The number of ketones is 1. The molecule has 0 aromatic rings. The highest BCUT2D eigenvalue weighted by atomic mass is 32.2. The van der Waals surface area contributed by atoms with Gasteiger partial charge < -0.3 is 16.6 Å². The molecule has 0 aliphatic carbocycles. The number of aliphatic imine (C=N–C) groups is 1. The van der Waals surface area contributed by atoms with Crippen LogP contribution in [0.25, 0.3) is 0 Å². The van der Waals surface area contributed by atoms with Crippen molar-refractivity contribution in [2.24, 2.45) is 16.5 Å². The van der Waals surface area contributed by atoms with Crippen LogP contribution >= 0.6 is 11.8 Å². The number of aliphatic carboxylic acids is 1. The molecule has 17 heavy (non-hydrogen) atoms. The minimum Gasteiger partial charge on any atom is -0.480 e. The van der Waals surface area contributed by atoms with Gasteiger partial charge in [0.05, 0.1) is 5.84 Å². The van der Waals surface area contributed by atoms with Crippen molar-refractivity contribution in [2.75, 3.05) is 18.1 Å². The summed E-state index contributed by atoms with van der Waals surface area (Å²) < 4.78 is 0. The van der Waals surface area contributed by atoms with Crippen LogP contribution < -0.4 is 11.5 Å². The summed E-state index contributed by atoms with van der Waals surface area (Å²) in [5.74, 6) is -0.0867. The SMILES string of the molecule is CC(=O)C[C@](N)(CSCCN=C(C)N)C(=O)O. The molecule has 0 aliphatic rings. The van der Waals surface area contributed by atoms with Gasteiger partial charge in [-0.05, 0) is 13.8 Å². The van der Waals surface area contributed by atoms with Crippen LogP contribution in [0, 0.1) is 0 Å². The Morgan fingerprint density at radius 2 is 2.00 bits per heavy atom. The van der Waals surface area contributed by atoms with E-state index in [1.54, 1.807) is 6.92 Å². The van der Waals surface area contributed by atoms with Gasteiger partial charge in [0.2, 0.25) is 0 Å². The molecule has 5 N–H and O–H groups in total. The molecule has 0 aromatic carbocycles. The maximum atomic E-state index is 11.0. The molecule has 98 valence electrons. The number of nitrogens with zero attached hydrogens (tertiary/aromatic N) is 1. The predicted octanol–water partition coefficient (Wildman–Crippen LogP) is -0.142. The average Bonchev–Trinajstić information content (AvgIpc) is 2.15. The van der Waals surface area contributed by atoms with Gasteiger partial charge in [0.15, 0.2) is 0 Å². The summed E-state index contributed by atoms with van der Waals surface area (Å²) >= 11 is 1.35. The lowest BCUT2D eigenvalue weighted by molar-refractivity contribution is -0.144. The molecule has 0 radical (unpaired) electrons. The van der Waals surface area contributed by atoms with Crippen LogP contribution in [-0.2, 0) is 9.59 Å². The van der Waals surface area contributed by atoms with Crippen molar-refractivity contribution in [3.8, 4) is 0 Å². The van der Waals surface area contributed by atoms with Crippen molar-refractivity contribution in [3.05, 3.63) is 0 Å². The number of carboxylic acid groups (broad SMARTS) is 1. The Morgan fingerprint density at radius 1 is 1.41 bits per heavy atom. The average molecular weight is 261 g/mol. The molecule has 0 saturated heterocycles. The van der Waals surface area contributed by atoms with Crippen molar-refractivity contribution in [1.29, 1.82) is 0 Å². The summed E-state index contributed by atoms with van der Waals surface area (Å²) in [7, 11) is 0. The monoisotopic (exact) mass is 261 g/mol. The molecule has 0 fully saturated rings. The Kier molecular flexibility index (Phi) is 6.82. The molecule has 0 amide bonds. The van der Waals surface area contributed by atoms with Crippen LogP contribution in [0.15, 0.2) is 4.99 Å². The highest BCUT2D eigenvalue weighted by molar-refractivity contribution is 7.99. The van der Waals surface area contributed by atoms with Crippen molar-refractivity contribution in [2.45, 2.75) is 25.8 Å². The third kappa shape index (κ3) is 6.96. The van der Waals surface area contributed by atoms with Crippen LogP contribution in [0.5, 0.6) is 0 Å². The number of rotatable bonds is 8. The topological polar surface area (TPSA) is 119 Å². The van der Waals surface area contributed by atoms with E-state index in [1.165, 1.54) is 18.7 Å². The lowest BCUT2D eigenvalue weighted by Crippen LogP contribution is -2.51. The smallest absolute Gasteiger partial charge is 0.325 e. The van der Waals surface area contributed by atoms with E-state index in [0.29, 0.717) is 18.1 Å². The number of thioether (sulfide) groups is 1. The molecule has 6 nitrogen and oxygen atoms in total. The normalized spacial score (nSPS) is 15.4. The van der Waals surface area contributed by atoms with Crippen LogP contribution in [0.3, 0.4) is 0 Å². The van der Waals surface area contributed by atoms with Gasteiger partial charge in [0.1, 0.15) is 11.3 Å². The van der Waals surface area contributed by atoms with Crippen molar-refractivity contribution in [1.82, 2.24) is 0 Å². The number of Topliss-reactive ketones (excluding diaryl/α,β-unsaturated/α-hetero) is 1. The minimum absolute atomic E-state index is 0.158. The van der Waals surface area contributed by atoms with Gasteiger partial charge in [-0.25, -0.2) is 0 Å². The van der Waals surface area contributed by atoms with Gasteiger partial charge in [-0.15, -0.1) is 0 Å². The van der Waals surface area contributed by atoms with Gasteiger partial charge in [-0.2, -0.15) is 11.8 Å². The number of amidine groups is 1. The maximum Gasteiger partial charge on any atom is 0.325 e. The zero-order chi connectivity index (χ0) is 13.5. The van der Waals surface area contributed by atoms with Gasteiger partial charge in [-0.3, -0.25) is 14.6 Å². The van der Waals surface area contributed by atoms with Crippen LogP contribution in [0.1, 0.15) is 20.3 Å². The lowest BCUT2D eigenvalue weighted by Gasteiger charge is -2.22. The molecular formula is C10H19N3O3S. The Hall–Kier alpha value is -1.08.